The van der Waals surface area contributed by atoms with Crippen LogP contribution in [-0.4, -0.2) is 54.8 Å². The Bertz CT molecular complexity index is 1030. The summed E-state index contributed by atoms with van der Waals surface area (Å²) in [4.78, 5) is 38.3. The minimum absolute atomic E-state index is 0. The van der Waals surface area contributed by atoms with Crippen LogP contribution in [0.15, 0.2) is 36.4 Å². The first kappa shape index (κ1) is 25.1. The number of halogens is 1. The van der Waals surface area contributed by atoms with E-state index in [1.807, 2.05) is 31.2 Å². The van der Waals surface area contributed by atoms with Crippen molar-refractivity contribution in [2.24, 2.45) is 11.7 Å². The monoisotopic (exact) mass is 460 g/mol. The molecule has 0 saturated carbocycles. The summed E-state index contributed by atoms with van der Waals surface area (Å²) in [6, 6.07) is 10.9. The molecule has 1 fully saturated rings. The SMILES string of the molecule is CCN(CC[C@@H]1C[C@@H](CC(=O)OC)C(=O)N1)C(=O)c1ccc2cc(C(=N)N)ccc2c1.Cl. The van der Waals surface area contributed by atoms with Gasteiger partial charge < -0.3 is 20.7 Å². The summed E-state index contributed by atoms with van der Waals surface area (Å²) >= 11 is 0. The fourth-order valence-electron chi connectivity index (χ4n) is 3.92. The zero-order valence-corrected chi connectivity index (χ0v) is 19.0. The van der Waals surface area contributed by atoms with Crippen molar-refractivity contribution in [2.45, 2.75) is 32.2 Å². The topological polar surface area (TPSA) is 126 Å². The molecular weight excluding hydrogens is 432 g/mol. The highest BCUT2D eigenvalue weighted by Crippen LogP contribution is 2.23. The molecule has 1 heterocycles. The van der Waals surface area contributed by atoms with Gasteiger partial charge in [-0.05, 0) is 48.7 Å². The third-order valence-corrected chi connectivity index (χ3v) is 5.74. The highest BCUT2D eigenvalue weighted by molar-refractivity contribution is 6.02. The van der Waals surface area contributed by atoms with Crippen LogP contribution in [0, 0.1) is 11.3 Å². The molecule has 0 spiro atoms. The summed E-state index contributed by atoms with van der Waals surface area (Å²) in [6.07, 6.45) is 1.27. The molecule has 2 atom stereocenters. The van der Waals surface area contributed by atoms with Crippen molar-refractivity contribution < 1.29 is 19.1 Å². The van der Waals surface area contributed by atoms with Crippen LogP contribution in [0.3, 0.4) is 0 Å². The number of nitrogens with two attached hydrogens (primary N) is 1. The minimum Gasteiger partial charge on any atom is -0.469 e. The summed E-state index contributed by atoms with van der Waals surface area (Å²) < 4.78 is 4.65. The van der Waals surface area contributed by atoms with Gasteiger partial charge in [-0.25, -0.2) is 0 Å². The number of methoxy groups -OCH3 is 1. The maximum atomic E-state index is 13.0. The van der Waals surface area contributed by atoms with E-state index in [0.29, 0.717) is 37.1 Å². The predicted octanol–water partition coefficient (Wildman–Crippen LogP) is 2.47. The Balaban J connectivity index is 0.00000363. The Hall–Kier alpha value is -3.13. The van der Waals surface area contributed by atoms with Crippen LogP contribution in [0.25, 0.3) is 10.8 Å². The van der Waals surface area contributed by atoms with E-state index in [1.165, 1.54) is 7.11 Å². The number of ether oxygens (including phenoxy) is 1. The highest BCUT2D eigenvalue weighted by Gasteiger charge is 2.33. The van der Waals surface area contributed by atoms with Gasteiger partial charge in [0.05, 0.1) is 19.4 Å². The number of carbonyl (C=O) groups excluding carboxylic acids is 3. The number of hydrogen-bond acceptors (Lipinski definition) is 5. The standard InChI is InChI=1S/C23H28N4O4.ClH/c1-3-27(9-8-19-12-18(22(29)26-19)13-20(28)31-2)23(30)17-7-5-14-10-16(21(24)25)6-4-15(14)11-17;/h4-7,10-11,18-19H,3,8-9,12-13H2,1-2H3,(H3,24,25)(H,26,29);1H/t18-,19+;/m0./s1. The van der Waals surface area contributed by atoms with E-state index < -0.39 is 5.97 Å². The van der Waals surface area contributed by atoms with E-state index in [4.69, 9.17) is 11.1 Å². The van der Waals surface area contributed by atoms with Crippen LogP contribution in [0.4, 0.5) is 0 Å². The number of esters is 1. The molecule has 2 aromatic rings. The number of hydrogen-bond donors (Lipinski definition) is 3. The molecule has 8 nitrogen and oxygen atoms in total. The summed E-state index contributed by atoms with van der Waals surface area (Å²) in [7, 11) is 1.31. The number of nitrogen functional groups attached to an aromatic ring is 1. The third kappa shape index (κ3) is 5.76. The van der Waals surface area contributed by atoms with Crippen LogP contribution in [0.5, 0.6) is 0 Å². The third-order valence-electron chi connectivity index (χ3n) is 5.74. The van der Waals surface area contributed by atoms with Crippen LogP contribution in [0.2, 0.25) is 0 Å². The zero-order valence-electron chi connectivity index (χ0n) is 18.2. The van der Waals surface area contributed by atoms with Crippen molar-refractivity contribution >= 4 is 46.8 Å². The molecule has 32 heavy (non-hydrogen) atoms. The average Bonchev–Trinajstić information content (AvgIpc) is 3.11. The van der Waals surface area contributed by atoms with Gasteiger partial charge in [0.15, 0.2) is 0 Å². The number of nitrogens with one attached hydrogen (secondary N) is 2. The van der Waals surface area contributed by atoms with Gasteiger partial charge in [-0.2, -0.15) is 0 Å². The van der Waals surface area contributed by atoms with Crippen LogP contribution >= 0.6 is 12.4 Å². The molecule has 0 radical (unpaired) electrons. The van der Waals surface area contributed by atoms with E-state index in [1.54, 1.807) is 17.0 Å². The Labute approximate surface area is 193 Å². The van der Waals surface area contributed by atoms with Gasteiger partial charge in [-0.15, -0.1) is 12.4 Å². The highest BCUT2D eigenvalue weighted by atomic mass is 35.5. The largest absolute Gasteiger partial charge is 0.469 e. The maximum Gasteiger partial charge on any atom is 0.306 e. The summed E-state index contributed by atoms with van der Waals surface area (Å²) in [5.74, 6) is -0.965. The fraction of sp³-hybridized carbons (Fsp3) is 0.391. The lowest BCUT2D eigenvalue weighted by atomic mass is 9.99. The number of nitrogens with zero attached hydrogens (tertiary/aromatic N) is 1. The molecule has 2 amide bonds. The maximum absolute atomic E-state index is 13.0. The molecule has 172 valence electrons. The van der Waals surface area contributed by atoms with Gasteiger partial charge in [0.2, 0.25) is 5.91 Å². The molecular formula is C23H29ClN4O4. The molecule has 1 saturated heterocycles. The van der Waals surface area contributed by atoms with Crippen molar-refractivity contribution in [1.29, 1.82) is 5.41 Å². The molecule has 0 aromatic heterocycles. The van der Waals surface area contributed by atoms with Gasteiger partial charge in [0, 0.05) is 30.3 Å². The number of benzene rings is 2. The molecule has 1 aliphatic rings. The molecule has 2 aromatic carbocycles. The van der Waals surface area contributed by atoms with Crippen molar-refractivity contribution in [2.75, 3.05) is 20.2 Å². The van der Waals surface area contributed by atoms with E-state index in [9.17, 15) is 14.4 Å². The van der Waals surface area contributed by atoms with Crippen LogP contribution in [0.1, 0.15) is 42.1 Å². The summed E-state index contributed by atoms with van der Waals surface area (Å²) in [6.45, 7) is 2.98. The Morgan fingerprint density at radius 3 is 2.41 bits per heavy atom. The Kier molecular flexibility index (Phi) is 8.60. The molecule has 0 bridgehead atoms. The van der Waals surface area contributed by atoms with Gasteiger partial charge in [-0.3, -0.25) is 19.8 Å². The lowest BCUT2D eigenvalue weighted by molar-refractivity contribution is -0.143. The quantitative estimate of drug-likeness (QED) is 0.317. The molecule has 1 aliphatic heterocycles. The number of amides is 2. The van der Waals surface area contributed by atoms with Crippen molar-refractivity contribution in [1.82, 2.24) is 10.2 Å². The first-order valence-corrected chi connectivity index (χ1v) is 10.4. The summed E-state index contributed by atoms with van der Waals surface area (Å²) in [5.41, 5.74) is 6.78. The van der Waals surface area contributed by atoms with Gasteiger partial charge in [0.1, 0.15) is 5.84 Å². The van der Waals surface area contributed by atoms with Gasteiger partial charge >= 0.3 is 5.97 Å². The van der Waals surface area contributed by atoms with E-state index in [0.717, 1.165) is 10.8 Å². The minimum atomic E-state index is -0.391. The fourth-order valence-corrected chi connectivity index (χ4v) is 3.92. The molecule has 9 heteroatoms. The van der Waals surface area contributed by atoms with Crippen LogP contribution in [-0.2, 0) is 14.3 Å². The second kappa shape index (κ2) is 10.9. The smallest absolute Gasteiger partial charge is 0.306 e. The molecule has 0 unspecified atom stereocenters. The summed E-state index contributed by atoms with van der Waals surface area (Å²) in [5, 5.41) is 12.3. The van der Waals surface area contributed by atoms with Crippen molar-refractivity contribution in [3.63, 3.8) is 0 Å². The second-order valence-corrected chi connectivity index (χ2v) is 7.78. The number of carbonyl (C=O) groups is 3. The van der Waals surface area contributed by atoms with Gasteiger partial charge in [-0.1, -0.05) is 18.2 Å². The van der Waals surface area contributed by atoms with E-state index in [2.05, 4.69) is 10.1 Å². The zero-order chi connectivity index (χ0) is 22.5. The second-order valence-electron chi connectivity index (χ2n) is 7.78. The average molecular weight is 461 g/mol. The lowest BCUT2D eigenvalue weighted by Crippen LogP contribution is -2.36. The Morgan fingerprint density at radius 2 is 1.81 bits per heavy atom. The van der Waals surface area contributed by atoms with E-state index >= 15 is 0 Å². The predicted molar refractivity (Wildman–Crippen MR) is 125 cm³/mol. The first-order valence-electron chi connectivity index (χ1n) is 10.4. The normalized spacial score (nSPS) is 17.4. The Morgan fingerprint density at radius 1 is 1.19 bits per heavy atom. The van der Waals surface area contributed by atoms with Gasteiger partial charge in [0.25, 0.3) is 5.91 Å². The van der Waals surface area contributed by atoms with E-state index in [-0.39, 0.29) is 48.4 Å². The van der Waals surface area contributed by atoms with Crippen LogP contribution < -0.4 is 11.1 Å². The molecule has 3 rings (SSSR count). The number of rotatable bonds is 8. The number of amidine groups is 1. The van der Waals surface area contributed by atoms with Crippen molar-refractivity contribution in [3.8, 4) is 0 Å². The van der Waals surface area contributed by atoms with Crippen molar-refractivity contribution in [3.05, 3.63) is 47.5 Å². The molecule has 4 N–H and O–H groups in total. The first-order chi connectivity index (χ1) is 14.8. The lowest BCUT2D eigenvalue weighted by Gasteiger charge is -2.23. The number of fused-ring (bicyclic) bond motifs is 1. The molecule has 0 aliphatic carbocycles.